The number of rotatable bonds is 5. The number of aromatic nitrogens is 3. The number of anilines is 2. The van der Waals surface area contributed by atoms with E-state index in [-0.39, 0.29) is 17.5 Å². The highest BCUT2D eigenvalue weighted by atomic mass is 16.7. The average Bonchev–Trinajstić information content (AvgIpc) is 2.82. The fourth-order valence-corrected chi connectivity index (χ4v) is 3.66. The topological polar surface area (TPSA) is 127 Å². The van der Waals surface area contributed by atoms with E-state index in [1.807, 2.05) is 39.0 Å². The standard InChI is InChI=1S/C23H27N7O4/c1-23(2,3)22(31)34-29-9-7-28(8-10-29)21-17-11-15(5-6-18(17)26-14-27-21)16-12-19(30(32)33)20(24-4)25-13-16/h5-6,11-14H,7-10H2,1-4H3,(H,24,25). The van der Waals surface area contributed by atoms with E-state index in [1.165, 1.54) is 12.4 Å². The van der Waals surface area contributed by atoms with Gasteiger partial charge in [-0.2, -0.15) is 0 Å². The lowest BCUT2D eigenvalue weighted by Crippen LogP contribution is -2.48. The molecule has 0 radical (unpaired) electrons. The maximum atomic E-state index is 12.2. The number of nitrogens with one attached hydrogen (secondary N) is 1. The van der Waals surface area contributed by atoms with E-state index in [1.54, 1.807) is 18.3 Å². The first-order valence-corrected chi connectivity index (χ1v) is 11.0. The van der Waals surface area contributed by atoms with E-state index < -0.39 is 10.3 Å². The van der Waals surface area contributed by atoms with Crippen LogP contribution in [-0.4, -0.2) is 64.1 Å². The molecular weight excluding hydrogens is 438 g/mol. The van der Waals surface area contributed by atoms with Crippen molar-refractivity contribution >= 4 is 34.2 Å². The Morgan fingerprint density at radius 2 is 1.82 bits per heavy atom. The van der Waals surface area contributed by atoms with Crippen LogP contribution in [0.15, 0.2) is 36.8 Å². The van der Waals surface area contributed by atoms with Crippen LogP contribution in [0.25, 0.3) is 22.0 Å². The summed E-state index contributed by atoms with van der Waals surface area (Å²) in [5.41, 5.74) is 1.52. The second-order valence-electron chi connectivity index (χ2n) is 9.07. The molecule has 11 heteroatoms. The van der Waals surface area contributed by atoms with E-state index in [0.717, 1.165) is 22.3 Å². The van der Waals surface area contributed by atoms with Crippen LogP contribution in [0.4, 0.5) is 17.3 Å². The van der Waals surface area contributed by atoms with Crippen LogP contribution >= 0.6 is 0 Å². The average molecular weight is 466 g/mol. The molecule has 3 aromatic rings. The number of hydroxylamine groups is 2. The van der Waals surface area contributed by atoms with Gasteiger partial charge in [-0.15, -0.1) is 5.06 Å². The molecule has 11 nitrogen and oxygen atoms in total. The van der Waals surface area contributed by atoms with Gasteiger partial charge in [0.1, 0.15) is 12.1 Å². The number of piperazine rings is 1. The first-order valence-electron chi connectivity index (χ1n) is 11.0. The van der Waals surface area contributed by atoms with Crippen LogP contribution in [0.1, 0.15) is 20.8 Å². The van der Waals surface area contributed by atoms with Gasteiger partial charge in [-0.1, -0.05) is 6.07 Å². The second-order valence-corrected chi connectivity index (χ2v) is 9.07. The number of nitro groups is 1. The molecule has 1 aliphatic heterocycles. The van der Waals surface area contributed by atoms with Crippen molar-refractivity contribution in [3.05, 3.63) is 46.9 Å². The number of carbonyl (C=O) groups excluding carboxylic acids is 1. The van der Waals surface area contributed by atoms with Gasteiger partial charge in [-0.05, 0) is 38.5 Å². The number of hydrogen-bond acceptors (Lipinski definition) is 10. The minimum absolute atomic E-state index is 0.0921. The number of nitrogens with zero attached hydrogens (tertiary/aromatic N) is 6. The van der Waals surface area contributed by atoms with Crippen molar-refractivity contribution in [1.82, 2.24) is 20.0 Å². The summed E-state index contributed by atoms with van der Waals surface area (Å²) in [6.07, 6.45) is 3.13. The zero-order valence-electron chi connectivity index (χ0n) is 19.6. The number of pyridine rings is 1. The molecule has 0 atom stereocenters. The Morgan fingerprint density at radius 1 is 1.09 bits per heavy atom. The number of benzene rings is 1. The summed E-state index contributed by atoms with van der Waals surface area (Å²) in [5, 5.41) is 16.7. The molecule has 3 heterocycles. The normalized spacial score (nSPS) is 14.8. The van der Waals surface area contributed by atoms with Gasteiger partial charge >= 0.3 is 11.7 Å². The van der Waals surface area contributed by atoms with Crippen molar-refractivity contribution in [1.29, 1.82) is 0 Å². The molecule has 1 aromatic carbocycles. The Kier molecular flexibility index (Phi) is 6.29. The fraction of sp³-hybridized carbons (Fsp3) is 0.391. The predicted octanol–water partition coefficient (Wildman–Crippen LogP) is 3.27. The van der Waals surface area contributed by atoms with Crippen LogP contribution in [0.5, 0.6) is 0 Å². The largest absolute Gasteiger partial charge is 0.367 e. The van der Waals surface area contributed by atoms with Crippen LogP contribution in [0, 0.1) is 15.5 Å². The molecule has 1 saturated heterocycles. The Morgan fingerprint density at radius 3 is 2.47 bits per heavy atom. The molecule has 34 heavy (non-hydrogen) atoms. The van der Waals surface area contributed by atoms with E-state index in [0.29, 0.717) is 31.7 Å². The molecule has 1 aliphatic rings. The van der Waals surface area contributed by atoms with Gasteiger partial charge in [0.2, 0.25) is 5.82 Å². The molecule has 178 valence electrons. The summed E-state index contributed by atoms with van der Waals surface area (Å²) in [7, 11) is 1.60. The molecule has 0 bridgehead atoms. The Balaban J connectivity index is 1.60. The summed E-state index contributed by atoms with van der Waals surface area (Å²) in [4.78, 5) is 43.9. The van der Waals surface area contributed by atoms with Crippen LogP contribution in [0.2, 0.25) is 0 Å². The highest BCUT2D eigenvalue weighted by Crippen LogP contribution is 2.32. The number of carbonyl (C=O) groups is 1. The molecule has 2 aromatic heterocycles. The van der Waals surface area contributed by atoms with Gasteiger partial charge in [0, 0.05) is 43.4 Å². The highest BCUT2D eigenvalue weighted by molar-refractivity contribution is 5.93. The third-order valence-electron chi connectivity index (χ3n) is 5.61. The van der Waals surface area contributed by atoms with Gasteiger partial charge in [-0.25, -0.2) is 19.7 Å². The summed E-state index contributed by atoms with van der Waals surface area (Å²) in [6.45, 7) is 7.82. The third-order valence-corrected chi connectivity index (χ3v) is 5.61. The molecule has 0 unspecified atom stereocenters. The lowest BCUT2D eigenvalue weighted by atomic mass is 9.98. The van der Waals surface area contributed by atoms with Crippen molar-refractivity contribution in [3.8, 4) is 11.1 Å². The maximum absolute atomic E-state index is 12.2. The van der Waals surface area contributed by atoms with Gasteiger partial charge < -0.3 is 15.1 Å². The van der Waals surface area contributed by atoms with Crippen molar-refractivity contribution in [2.75, 3.05) is 43.4 Å². The van der Waals surface area contributed by atoms with E-state index in [4.69, 9.17) is 4.84 Å². The summed E-state index contributed by atoms with van der Waals surface area (Å²) < 4.78 is 0. The van der Waals surface area contributed by atoms with E-state index in [2.05, 4.69) is 25.2 Å². The zero-order valence-corrected chi connectivity index (χ0v) is 19.6. The monoisotopic (exact) mass is 465 g/mol. The minimum Gasteiger partial charge on any atom is -0.367 e. The molecule has 1 N–H and O–H groups in total. The molecular formula is C23H27N7O4. The Bertz CT molecular complexity index is 1230. The van der Waals surface area contributed by atoms with Gasteiger partial charge in [0.05, 0.1) is 28.9 Å². The zero-order chi connectivity index (χ0) is 24.5. The number of hydrogen-bond donors (Lipinski definition) is 1. The van der Waals surface area contributed by atoms with Crippen LogP contribution in [-0.2, 0) is 9.63 Å². The highest BCUT2D eigenvalue weighted by Gasteiger charge is 2.28. The van der Waals surface area contributed by atoms with Crippen molar-refractivity contribution in [2.45, 2.75) is 20.8 Å². The van der Waals surface area contributed by atoms with Gasteiger partial charge in [0.25, 0.3) is 0 Å². The van der Waals surface area contributed by atoms with E-state index >= 15 is 0 Å². The predicted molar refractivity (Wildman–Crippen MR) is 128 cm³/mol. The number of fused-ring (bicyclic) bond motifs is 1. The van der Waals surface area contributed by atoms with Crippen LogP contribution in [0.3, 0.4) is 0 Å². The lowest BCUT2D eigenvalue weighted by molar-refractivity contribution is -0.384. The molecule has 0 aliphatic carbocycles. The molecule has 0 spiro atoms. The van der Waals surface area contributed by atoms with Crippen molar-refractivity contribution in [2.24, 2.45) is 5.41 Å². The smallest absolute Gasteiger partial charge is 0.330 e. The second kappa shape index (κ2) is 9.18. The molecule has 1 fully saturated rings. The van der Waals surface area contributed by atoms with Crippen molar-refractivity contribution in [3.63, 3.8) is 0 Å². The maximum Gasteiger partial charge on any atom is 0.330 e. The first kappa shape index (κ1) is 23.3. The summed E-state index contributed by atoms with van der Waals surface area (Å²) in [6, 6.07) is 7.17. The minimum atomic E-state index is -0.564. The fourth-order valence-electron chi connectivity index (χ4n) is 3.66. The quantitative estimate of drug-likeness (QED) is 0.443. The molecule has 4 rings (SSSR count). The Labute approximate surface area is 196 Å². The first-order chi connectivity index (χ1) is 16.2. The Hall–Kier alpha value is -3.86. The van der Waals surface area contributed by atoms with E-state index in [9.17, 15) is 14.9 Å². The molecule has 0 amide bonds. The van der Waals surface area contributed by atoms with Crippen LogP contribution < -0.4 is 10.2 Å². The van der Waals surface area contributed by atoms with Gasteiger partial charge in [0.15, 0.2) is 0 Å². The third kappa shape index (κ3) is 4.74. The van der Waals surface area contributed by atoms with Gasteiger partial charge in [-0.3, -0.25) is 10.1 Å². The SMILES string of the molecule is CNc1ncc(-c2ccc3ncnc(N4CCN(OC(=O)C(C)(C)C)CC4)c3c2)cc1[N+](=O)[O-]. The van der Waals surface area contributed by atoms with Crippen molar-refractivity contribution < 1.29 is 14.6 Å². The summed E-state index contributed by atoms with van der Waals surface area (Å²) in [5.74, 6) is 0.719. The molecule has 0 saturated carbocycles. The summed E-state index contributed by atoms with van der Waals surface area (Å²) >= 11 is 0. The lowest BCUT2D eigenvalue weighted by Gasteiger charge is -2.35.